The number of hydrogen-bond acceptors (Lipinski definition) is 2. The zero-order valence-electron chi connectivity index (χ0n) is 9.01. The predicted molar refractivity (Wildman–Crippen MR) is 64.8 cm³/mol. The molecule has 1 N–H and O–H groups in total. The van der Waals surface area contributed by atoms with E-state index in [0.29, 0.717) is 17.2 Å². The molecule has 1 aliphatic rings. The van der Waals surface area contributed by atoms with E-state index in [9.17, 15) is 4.39 Å². The van der Waals surface area contributed by atoms with Gasteiger partial charge in [-0.25, -0.2) is 4.39 Å². The van der Waals surface area contributed by atoms with Gasteiger partial charge in [-0.15, -0.1) is 0 Å². The lowest BCUT2D eigenvalue weighted by Gasteiger charge is -2.23. The first-order valence-corrected chi connectivity index (χ1v) is 6.32. The summed E-state index contributed by atoms with van der Waals surface area (Å²) in [6.45, 7) is 2.49. The van der Waals surface area contributed by atoms with Gasteiger partial charge in [0.25, 0.3) is 0 Å². The summed E-state index contributed by atoms with van der Waals surface area (Å²) in [5.74, 6) is -0.230. The zero-order valence-corrected chi connectivity index (χ0v) is 10.6. The predicted octanol–water partition coefficient (Wildman–Crippen LogP) is 2.86. The molecule has 0 aliphatic carbocycles. The molecule has 1 saturated heterocycles. The molecule has 4 heteroatoms. The Bertz CT molecular complexity index is 353. The first-order chi connectivity index (χ1) is 7.77. The van der Waals surface area contributed by atoms with Crippen molar-refractivity contribution in [3.63, 3.8) is 0 Å². The van der Waals surface area contributed by atoms with Crippen molar-refractivity contribution in [1.29, 1.82) is 0 Å². The molecule has 2 rings (SSSR count). The van der Waals surface area contributed by atoms with Crippen molar-refractivity contribution in [3.8, 4) is 0 Å². The summed E-state index contributed by atoms with van der Waals surface area (Å²) in [6, 6.07) is 5.04. The Morgan fingerprint density at radius 3 is 2.88 bits per heavy atom. The minimum absolute atomic E-state index is 0.230. The van der Waals surface area contributed by atoms with Crippen molar-refractivity contribution in [2.45, 2.75) is 25.6 Å². The molecule has 0 unspecified atom stereocenters. The standard InChI is InChI=1S/C12H15BrFNO/c13-12-9(2-1-3-11(12)14)8-16-10-4-6-15-7-5-10/h1-3,10,15H,4-8H2. The highest BCUT2D eigenvalue weighted by Gasteiger charge is 2.14. The van der Waals surface area contributed by atoms with E-state index in [4.69, 9.17) is 4.74 Å². The van der Waals surface area contributed by atoms with Crippen LogP contribution in [0.25, 0.3) is 0 Å². The van der Waals surface area contributed by atoms with Crippen LogP contribution in [0.5, 0.6) is 0 Å². The third kappa shape index (κ3) is 3.03. The molecule has 0 bridgehead atoms. The van der Waals surface area contributed by atoms with Gasteiger partial charge in [-0.05, 0) is 53.5 Å². The number of piperidine rings is 1. The van der Waals surface area contributed by atoms with E-state index in [-0.39, 0.29) is 5.82 Å². The maximum Gasteiger partial charge on any atom is 0.137 e. The van der Waals surface area contributed by atoms with Crippen LogP contribution in [0.3, 0.4) is 0 Å². The van der Waals surface area contributed by atoms with E-state index < -0.39 is 0 Å². The molecule has 0 atom stereocenters. The van der Waals surface area contributed by atoms with E-state index in [1.165, 1.54) is 6.07 Å². The van der Waals surface area contributed by atoms with Gasteiger partial charge in [0.05, 0.1) is 17.2 Å². The second-order valence-corrected chi connectivity index (χ2v) is 4.77. The highest BCUT2D eigenvalue weighted by molar-refractivity contribution is 9.10. The van der Waals surface area contributed by atoms with Crippen LogP contribution in [0.15, 0.2) is 22.7 Å². The number of rotatable bonds is 3. The second-order valence-electron chi connectivity index (χ2n) is 3.97. The summed E-state index contributed by atoms with van der Waals surface area (Å²) in [6.07, 6.45) is 2.37. The number of ether oxygens (including phenoxy) is 1. The third-order valence-electron chi connectivity index (χ3n) is 2.79. The van der Waals surface area contributed by atoms with Gasteiger partial charge in [0.15, 0.2) is 0 Å². The highest BCUT2D eigenvalue weighted by Crippen LogP contribution is 2.22. The normalized spacial score (nSPS) is 17.6. The Morgan fingerprint density at radius 1 is 1.38 bits per heavy atom. The van der Waals surface area contributed by atoms with E-state index in [2.05, 4.69) is 21.2 Å². The van der Waals surface area contributed by atoms with Crippen LogP contribution in [0, 0.1) is 5.82 Å². The first kappa shape index (κ1) is 12.0. The fourth-order valence-corrected chi connectivity index (χ4v) is 2.21. The largest absolute Gasteiger partial charge is 0.373 e. The topological polar surface area (TPSA) is 21.3 Å². The molecule has 0 spiro atoms. The van der Waals surface area contributed by atoms with Crippen molar-refractivity contribution in [2.24, 2.45) is 0 Å². The van der Waals surface area contributed by atoms with Gasteiger partial charge < -0.3 is 10.1 Å². The Kier molecular flexibility index (Phi) is 4.32. The second kappa shape index (κ2) is 5.75. The summed E-state index contributed by atoms with van der Waals surface area (Å²) < 4.78 is 19.5. The molecule has 16 heavy (non-hydrogen) atoms. The molecule has 2 nitrogen and oxygen atoms in total. The van der Waals surface area contributed by atoms with Crippen LogP contribution < -0.4 is 5.32 Å². The lowest BCUT2D eigenvalue weighted by Crippen LogP contribution is -2.32. The average molecular weight is 288 g/mol. The van der Waals surface area contributed by atoms with Crippen molar-refractivity contribution < 1.29 is 9.13 Å². The summed E-state index contributed by atoms with van der Waals surface area (Å²) in [5.41, 5.74) is 0.874. The summed E-state index contributed by atoms with van der Waals surface area (Å²) in [4.78, 5) is 0. The number of halogens is 2. The van der Waals surface area contributed by atoms with Gasteiger partial charge in [-0.2, -0.15) is 0 Å². The first-order valence-electron chi connectivity index (χ1n) is 5.52. The summed E-state index contributed by atoms with van der Waals surface area (Å²) in [7, 11) is 0. The van der Waals surface area contributed by atoms with Crippen LogP contribution in [-0.2, 0) is 11.3 Å². The van der Waals surface area contributed by atoms with Gasteiger partial charge in [0.2, 0.25) is 0 Å². The number of nitrogens with one attached hydrogen (secondary N) is 1. The van der Waals surface area contributed by atoms with Gasteiger partial charge in [0, 0.05) is 0 Å². The molecular weight excluding hydrogens is 273 g/mol. The highest BCUT2D eigenvalue weighted by atomic mass is 79.9. The van der Waals surface area contributed by atoms with Crippen molar-refractivity contribution >= 4 is 15.9 Å². The van der Waals surface area contributed by atoms with Gasteiger partial charge in [-0.1, -0.05) is 12.1 Å². The molecule has 0 saturated carbocycles. The van der Waals surface area contributed by atoms with Crippen LogP contribution in [-0.4, -0.2) is 19.2 Å². The van der Waals surface area contributed by atoms with Crippen molar-refractivity contribution in [3.05, 3.63) is 34.1 Å². The molecule has 1 fully saturated rings. The summed E-state index contributed by atoms with van der Waals surface area (Å²) in [5, 5.41) is 3.28. The number of hydrogen-bond donors (Lipinski definition) is 1. The molecular formula is C12H15BrFNO. The Balaban J connectivity index is 1.91. The SMILES string of the molecule is Fc1cccc(COC2CCNCC2)c1Br. The Morgan fingerprint density at radius 2 is 2.12 bits per heavy atom. The lowest BCUT2D eigenvalue weighted by atomic mass is 10.1. The lowest BCUT2D eigenvalue weighted by molar-refractivity contribution is 0.0208. The van der Waals surface area contributed by atoms with Crippen LogP contribution in [0.1, 0.15) is 18.4 Å². The molecule has 1 aliphatic heterocycles. The minimum Gasteiger partial charge on any atom is -0.373 e. The summed E-state index contributed by atoms with van der Waals surface area (Å²) >= 11 is 3.24. The Hall–Kier alpha value is -0.450. The molecule has 0 amide bonds. The Labute approximate surface area is 103 Å². The van der Waals surface area contributed by atoms with Gasteiger partial charge in [-0.3, -0.25) is 0 Å². The smallest absolute Gasteiger partial charge is 0.137 e. The van der Waals surface area contributed by atoms with Gasteiger partial charge in [0.1, 0.15) is 5.82 Å². The third-order valence-corrected chi connectivity index (χ3v) is 3.68. The van der Waals surface area contributed by atoms with Crippen molar-refractivity contribution in [1.82, 2.24) is 5.32 Å². The van der Waals surface area contributed by atoms with E-state index in [1.807, 2.05) is 6.07 Å². The van der Waals surface area contributed by atoms with Crippen LogP contribution in [0.2, 0.25) is 0 Å². The maximum absolute atomic E-state index is 13.2. The molecule has 1 heterocycles. The monoisotopic (exact) mass is 287 g/mol. The molecule has 0 aromatic heterocycles. The zero-order chi connectivity index (χ0) is 11.4. The average Bonchev–Trinajstić information content (AvgIpc) is 2.32. The minimum atomic E-state index is -0.230. The molecule has 88 valence electrons. The molecule has 0 radical (unpaired) electrons. The van der Waals surface area contributed by atoms with Crippen LogP contribution in [0.4, 0.5) is 4.39 Å². The number of benzene rings is 1. The van der Waals surface area contributed by atoms with E-state index in [1.54, 1.807) is 6.07 Å². The van der Waals surface area contributed by atoms with Crippen molar-refractivity contribution in [2.75, 3.05) is 13.1 Å². The fourth-order valence-electron chi connectivity index (χ4n) is 1.83. The van der Waals surface area contributed by atoms with E-state index >= 15 is 0 Å². The molecule has 1 aromatic rings. The fraction of sp³-hybridized carbons (Fsp3) is 0.500. The van der Waals surface area contributed by atoms with Gasteiger partial charge >= 0.3 is 0 Å². The van der Waals surface area contributed by atoms with E-state index in [0.717, 1.165) is 31.5 Å². The van der Waals surface area contributed by atoms with Crippen LogP contribution >= 0.6 is 15.9 Å². The molecule has 1 aromatic carbocycles. The quantitative estimate of drug-likeness (QED) is 0.923. The maximum atomic E-state index is 13.2.